The number of nitrogens with one attached hydrogen (secondary N) is 2. The van der Waals surface area contributed by atoms with Gasteiger partial charge in [-0.15, -0.1) is 0 Å². The molecule has 0 aromatic heterocycles. The fourth-order valence-corrected chi connectivity index (χ4v) is 1.24. The molecule has 0 saturated heterocycles. The molecule has 1 rings (SSSR count). The average molecular weight is 186 g/mol. The number of aliphatic hydroxyl groups is 1. The van der Waals surface area contributed by atoms with E-state index in [1.54, 1.807) is 0 Å². The summed E-state index contributed by atoms with van der Waals surface area (Å²) in [6, 6.07) is 0.0990. The summed E-state index contributed by atoms with van der Waals surface area (Å²) in [5, 5.41) is 14.4. The van der Waals surface area contributed by atoms with Gasteiger partial charge in [-0.3, -0.25) is 0 Å². The third kappa shape index (κ3) is 3.22. The fourth-order valence-electron chi connectivity index (χ4n) is 1.24. The first-order valence-corrected chi connectivity index (χ1v) is 4.94. The normalized spacial score (nSPS) is 18.9. The zero-order valence-corrected chi connectivity index (χ0v) is 8.05. The molecule has 1 atom stereocenters. The van der Waals surface area contributed by atoms with E-state index < -0.39 is 0 Å². The van der Waals surface area contributed by atoms with Crippen molar-refractivity contribution in [1.82, 2.24) is 10.6 Å². The molecule has 1 unspecified atom stereocenters. The van der Waals surface area contributed by atoms with Crippen molar-refractivity contribution in [3.8, 4) is 0 Å². The molecule has 13 heavy (non-hydrogen) atoms. The van der Waals surface area contributed by atoms with E-state index in [-0.39, 0.29) is 18.7 Å². The summed E-state index contributed by atoms with van der Waals surface area (Å²) < 4.78 is 0. The molecular weight excluding hydrogens is 168 g/mol. The molecule has 1 fully saturated rings. The van der Waals surface area contributed by atoms with Crippen LogP contribution >= 0.6 is 0 Å². The molecule has 0 aromatic carbocycles. The van der Waals surface area contributed by atoms with Crippen LogP contribution in [0.4, 0.5) is 4.79 Å². The summed E-state index contributed by atoms with van der Waals surface area (Å²) in [4.78, 5) is 11.2. The monoisotopic (exact) mass is 186 g/mol. The van der Waals surface area contributed by atoms with Gasteiger partial charge >= 0.3 is 6.03 Å². The molecule has 76 valence electrons. The summed E-state index contributed by atoms with van der Waals surface area (Å²) in [5.74, 6) is 0. The van der Waals surface area contributed by atoms with Gasteiger partial charge in [-0.2, -0.15) is 0 Å². The fraction of sp³-hybridized carbons (Fsp3) is 0.889. The van der Waals surface area contributed by atoms with Crippen LogP contribution in [0.5, 0.6) is 0 Å². The Morgan fingerprint density at radius 3 is 2.69 bits per heavy atom. The maximum absolute atomic E-state index is 11.2. The van der Waals surface area contributed by atoms with Gasteiger partial charge < -0.3 is 15.7 Å². The number of carbonyl (C=O) groups excluding carboxylic acids is 1. The smallest absolute Gasteiger partial charge is 0.315 e. The predicted octanol–water partition coefficient (Wildman–Crippen LogP) is 0.609. The molecule has 0 aliphatic heterocycles. The number of aliphatic hydroxyl groups excluding tert-OH is 1. The SMILES string of the molecule is CCC(CO)NC(=O)NC1CCC1. The summed E-state index contributed by atoms with van der Waals surface area (Å²) >= 11 is 0. The molecule has 0 heterocycles. The molecule has 0 aromatic rings. The van der Waals surface area contributed by atoms with E-state index in [2.05, 4.69) is 10.6 Å². The minimum absolute atomic E-state index is 0.00852. The van der Waals surface area contributed by atoms with Crippen molar-refractivity contribution in [2.75, 3.05) is 6.61 Å². The Morgan fingerprint density at radius 1 is 1.62 bits per heavy atom. The summed E-state index contributed by atoms with van der Waals surface area (Å²) in [7, 11) is 0. The lowest BCUT2D eigenvalue weighted by atomic mass is 9.93. The highest BCUT2D eigenvalue weighted by molar-refractivity contribution is 5.74. The lowest BCUT2D eigenvalue weighted by molar-refractivity contribution is 0.206. The molecule has 4 heteroatoms. The predicted molar refractivity (Wildman–Crippen MR) is 50.5 cm³/mol. The first-order valence-electron chi connectivity index (χ1n) is 4.94. The number of amides is 2. The quantitative estimate of drug-likeness (QED) is 0.602. The van der Waals surface area contributed by atoms with E-state index in [0.717, 1.165) is 19.3 Å². The lowest BCUT2D eigenvalue weighted by Crippen LogP contribution is -2.49. The molecule has 4 nitrogen and oxygen atoms in total. The molecule has 1 aliphatic carbocycles. The zero-order chi connectivity index (χ0) is 9.68. The summed E-state index contributed by atoms with van der Waals surface area (Å²) in [5.41, 5.74) is 0. The van der Waals surface area contributed by atoms with Gasteiger partial charge in [0.1, 0.15) is 0 Å². The number of rotatable bonds is 4. The Kier molecular flexibility index (Phi) is 4.02. The minimum atomic E-state index is -0.148. The molecule has 1 aliphatic rings. The van der Waals surface area contributed by atoms with Gasteiger partial charge in [0.2, 0.25) is 0 Å². The lowest BCUT2D eigenvalue weighted by Gasteiger charge is -2.27. The first kappa shape index (κ1) is 10.3. The Balaban J connectivity index is 2.14. The third-order valence-electron chi connectivity index (χ3n) is 2.49. The molecule has 1 saturated carbocycles. The van der Waals surface area contributed by atoms with E-state index >= 15 is 0 Å². The molecular formula is C9H18N2O2. The number of hydrogen-bond donors (Lipinski definition) is 3. The van der Waals surface area contributed by atoms with Crippen molar-refractivity contribution >= 4 is 6.03 Å². The highest BCUT2D eigenvalue weighted by Gasteiger charge is 2.20. The Labute approximate surface area is 78.7 Å². The van der Waals surface area contributed by atoms with Gasteiger partial charge in [-0.1, -0.05) is 6.92 Å². The van der Waals surface area contributed by atoms with Gasteiger partial charge in [0, 0.05) is 6.04 Å². The summed E-state index contributed by atoms with van der Waals surface area (Å²) in [6.07, 6.45) is 4.14. The molecule has 3 N–H and O–H groups in total. The molecule has 2 amide bonds. The van der Waals surface area contributed by atoms with Gasteiger partial charge in [0.05, 0.1) is 12.6 Å². The van der Waals surface area contributed by atoms with Crippen LogP contribution in [0.25, 0.3) is 0 Å². The molecule has 0 radical (unpaired) electrons. The van der Waals surface area contributed by atoms with Crippen LogP contribution < -0.4 is 10.6 Å². The van der Waals surface area contributed by atoms with E-state index in [9.17, 15) is 4.79 Å². The van der Waals surface area contributed by atoms with Crippen molar-refractivity contribution in [2.24, 2.45) is 0 Å². The van der Waals surface area contributed by atoms with Crippen LogP contribution in [0.15, 0.2) is 0 Å². The van der Waals surface area contributed by atoms with E-state index in [4.69, 9.17) is 5.11 Å². The second-order valence-electron chi connectivity index (χ2n) is 3.53. The first-order chi connectivity index (χ1) is 6.26. The average Bonchev–Trinajstić information content (AvgIpc) is 2.07. The summed E-state index contributed by atoms with van der Waals surface area (Å²) in [6.45, 7) is 1.94. The van der Waals surface area contributed by atoms with Gasteiger partial charge in [-0.25, -0.2) is 4.79 Å². The maximum Gasteiger partial charge on any atom is 0.315 e. The third-order valence-corrected chi connectivity index (χ3v) is 2.49. The van der Waals surface area contributed by atoms with Crippen LogP contribution in [0.3, 0.4) is 0 Å². The van der Waals surface area contributed by atoms with Crippen molar-refractivity contribution < 1.29 is 9.90 Å². The minimum Gasteiger partial charge on any atom is -0.394 e. The van der Waals surface area contributed by atoms with Crippen LogP contribution in [-0.4, -0.2) is 29.8 Å². The van der Waals surface area contributed by atoms with Gasteiger partial charge in [0.15, 0.2) is 0 Å². The number of hydrogen-bond acceptors (Lipinski definition) is 2. The van der Waals surface area contributed by atoms with Crippen LogP contribution in [0, 0.1) is 0 Å². The number of urea groups is 1. The largest absolute Gasteiger partial charge is 0.394 e. The highest BCUT2D eigenvalue weighted by Crippen LogP contribution is 2.17. The number of carbonyl (C=O) groups is 1. The Bertz CT molecular complexity index is 165. The van der Waals surface area contributed by atoms with Crippen molar-refractivity contribution in [3.05, 3.63) is 0 Å². The van der Waals surface area contributed by atoms with E-state index in [1.165, 1.54) is 6.42 Å². The van der Waals surface area contributed by atoms with E-state index in [1.807, 2.05) is 6.92 Å². The Morgan fingerprint density at radius 2 is 2.31 bits per heavy atom. The van der Waals surface area contributed by atoms with Crippen LogP contribution in [0.1, 0.15) is 32.6 Å². The second kappa shape index (κ2) is 5.07. The molecule has 0 spiro atoms. The maximum atomic E-state index is 11.2. The van der Waals surface area contributed by atoms with Crippen LogP contribution in [-0.2, 0) is 0 Å². The van der Waals surface area contributed by atoms with Crippen molar-refractivity contribution in [2.45, 2.75) is 44.7 Å². The van der Waals surface area contributed by atoms with Gasteiger partial charge in [-0.05, 0) is 25.7 Å². The second-order valence-corrected chi connectivity index (χ2v) is 3.53. The van der Waals surface area contributed by atoms with Gasteiger partial charge in [0.25, 0.3) is 0 Å². The highest BCUT2D eigenvalue weighted by atomic mass is 16.3. The topological polar surface area (TPSA) is 61.4 Å². The van der Waals surface area contributed by atoms with E-state index in [0.29, 0.717) is 6.04 Å². The van der Waals surface area contributed by atoms with Crippen molar-refractivity contribution in [3.63, 3.8) is 0 Å². The standard InChI is InChI=1S/C9H18N2O2/c1-2-7(6-12)10-9(13)11-8-4-3-5-8/h7-8,12H,2-6H2,1H3,(H2,10,11,13). The van der Waals surface area contributed by atoms with Crippen molar-refractivity contribution in [1.29, 1.82) is 0 Å². The molecule has 0 bridgehead atoms. The zero-order valence-electron chi connectivity index (χ0n) is 8.05. The Hall–Kier alpha value is -0.770. The van der Waals surface area contributed by atoms with Crippen LogP contribution in [0.2, 0.25) is 0 Å².